The standard InChI is InChI=1S/C14H26N6O7/c1-6(21)10(15)12(25)20-8(5-9(22)23)11(24)19-7(13(26)27)3-2-4-18-14(16)17/h6-8,10,21H,2-5,15H2,1H3,(H,19,24)(H,20,25)(H,22,23)(H,26,27)(H4,16,17,18). The van der Waals surface area contributed by atoms with Crippen LogP contribution in [-0.2, 0) is 19.2 Å². The van der Waals surface area contributed by atoms with Gasteiger partial charge in [-0.3, -0.25) is 19.4 Å². The highest BCUT2D eigenvalue weighted by Gasteiger charge is 2.30. The number of aliphatic carboxylic acids is 2. The Morgan fingerprint density at radius 3 is 2.04 bits per heavy atom. The number of aliphatic hydroxyl groups is 1. The summed E-state index contributed by atoms with van der Waals surface area (Å²) in [6, 6.07) is -4.30. The molecule has 0 aromatic heterocycles. The van der Waals surface area contributed by atoms with E-state index < -0.39 is 54.4 Å². The molecule has 13 nitrogen and oxygen atoms in total. The number of aliphatic hydroxyl groups excluding tert-OH is 1. The molecule has 0 bridgehead atoms. The van der Waals surface area contributed by atoms with Gasteiger partial charge in [0.05, 0.1) is 12.5 Å². The molecule has 0 aliphatic rings. The van der Waals surface area contributed by atoms with Crippen LogP contribution in [0.25, 0.3) is 0 Å². The molecule has 0 saturated carbocycles. The van der Waals surface area contributed by atoms with Gasteiger partial charge in [0.1, 0.15) is 18.1 Å². The van der Waals surface area contributed by atoms with Gasteiger partial charge in [-0.1, -0.05) is 0 Å². The van der Waals surface area contributed by atoms with E-state index in [2.05, 4.69) is 15.6 Å². The highest BCUT2D eigenvalue weighted by molar-refractivity contribution is 5.94. The molecule has 2 amide bonds. The van der Waals surface area contributed by atoms with Crippen molar-refractivity contribution in [2.45, 2.75) is 50.4 Å². The van der Waals surface area contributed by atoms with Crippen molar-refractivity contribution in [1.82, 2.24) is 10.6 Å². The number of hydrogen-bond acceptors (Lipinski definition) is 7. The summed E-state index contributed by atoms with van der Waals surface area (Å²) in [5, 5.41) is 31.6. The molecule has 0 aliphatic heterocycles. The van der Waals surface area contributed by atoms with Gasteiger partial charge in [-0.25, -0.2) is 4.79 Å². The van der Waals surface area contributed by atoms with E-state index >= 15 is 0 Å². The molecule has 0 heterocycles. The molecule has 4 unspecified atom stereocenters. The molecule has 0 radical (unpaired) electrons. The van der Waals surface area contributed by atoms with Gasteiger partial charge in [0.15, 0.2) is 5.96 Å². The molecule has 11 N–H and O–H groups in total. The molecule has 0 aromatic rings. The van der Waals surface area contributed by atoms with Gasteiger partial charge in [-0.15, -0.1) is 0 Å². The first-order chi connectivity index (χ1) is 12.5. The SMILES string of the molecule is CC(O)C(N)C(=O)NC(CC(=O)O)C(=O)NC(CCCN=C(N)N)C(=O)O. The first kappa shape index (κ1) is 24.1. The molecular weight excluding hydrogens is 364 g/mol. The van der Waals surface area contributed by atoms with E-state index in [1.807, 2.05) is 0 Å². The summed E-state index contributed by atoms with van der Waals surface area (Å²) in [6.45, 7) is 1.38. The quantitative estimate of drug-likeness (QED) is 0.0919. The minimum atomic E-state index is -1.57. The van der Waals surface area contributed by atoms with E-state index in [1.54, 1.807) is 0 Å². The molecule has 0 saturated heterocycles. The van der Waals surface area contributed by atoms with Crippen LogP contribution >= 0.6 is 0 Å². The lowest BCUT2D eigenvalue weighted by Crippen LogP contribution is -2.56. The minimum absolute atomic E-state index is 0.0290. The number of carboxylic acid groups (broad SMARTS) is 2. The van der Waals surface area contributed by atoms with E-state index in [4.69, 9.17) is 22.3 Å². The molecule has 154 valence electrons. The van der Waals surface area contributed by atoms with Gasteiger partial charge in [0.25, 0.3) is 0 Å². The van der Waals surface area contributed by atoms with Gasteiger partial charge in [-0.2, -0.15) is 0 Å². The van der Waals surface area contributed by atoms with E-state index in [-0.39, 0.29) is 25.3 Å². The summed E-state index contributed by atoms with van der Waals surface area (Å²) >= 11 is 0. The van der Waals surface area contributed by atoms with Crippen LogP contribution in [0.1, 0.15) is 26.2 Å². The van der Waals surface area contributed by atoms with Crippen molar-refractivity contribution < 1.29 is 34.5 Å². The normalized spacial score (nSPS) is 14.9. The number of hydrogen-bond donors (Lipinski definition) is 8. The van der Waals surface area contributed by atoms with Gasteiger partial charge in [0.2, 0.25) is 11.8 Å². The van der Waals surface area contributed by atoms with Gasteiger partial charge in [0, 0.05) is 6.54 Å². The Morgan fingerprint density at radius 1 is 1.04 bits per heavy atom. The Balaban J connectivity index is 5.01. The third-order valence-corrected chi connectivity index (χ3v) is 3.39. The first-order valence-corrected chi connectivity index (χ1v) is 8.00. The zero-order chi connectivity index (χ0) is 21.1. The number of nitrogens with one attached hydrogen (secondary N) is 2. The second kappa shape index (κ2) is 11.6. The monoisotopic (exact) mass is 390 g/mol. The molecule has 0 aromatic carbocycles. The maximum absolute atomic E-state index is 12.2. The zero-order valence-electron chi connectivity index (χ0n) is 14.8. The number of guanidine groups is 1. The topological polar surface area (TPSA) is 243 Å². The largest absolute Gasteiger partial charge is 0.481 e. The maximum atomic E-state index is 12.2. The van der Waals surface area contributed by atoms with Crippen molar-refractivity contribution in [3.63, 3.8) is 0 Å². The second-order valence-corrected chi connectivity index (χ2v) is 5.77. The smallest absolute Gasteiger partial charge is 0.326 e. The number of carboxylic acids is 2. The fraction of sp³-hybridized carbons (Fsp3) is 0.643. The van der Waals surface area contributed by atoms with E-state index in [0.717, 1.165) is 0 Å². The summed E-state index contributed by atoms with van der Waals surface area (Å²) in [6.07, 6.45) is -1.83. The van der Waals surface area contributed by atoms with Gasteiger partial charge < -0.3 is 43.2 Å². The van der Waals surface area contributed by atoms with Crippen LogP contribution in [0.15, 0.2) is 4.99 Å². The molecular formula is C14H26N6O7. The van der Waals surface area contributed by atoms with Crippen LogP contribution in [-0.4, -0.2) is 75.8 Å². The van der Waals surface area contributed by atoms with Crippen LogP contribution in [0.5, 0.6) is 0 Å². The van der Waals surface area contributed by atoms with Crippen molar-refractivity contribution in [2.24, 2.45) is 22.2 Å². The van der Waals surface area contributed by atoms with Gasteiger partial charge in [-0.05, 0) is 19.8 Å². The van der Waals surface area contributed by atoms with Crippen LogP contribution in [0.2, 0.25) is 0 Å². The fourth-order valence-corrected chi connectivity index (χ4v) is 1.90. The molecule has 0 spiro atoms. The Hall–Kier alpha value is -2.93. The predicted molar refractivity (Wildman–Crippen MR) is 93.3 cm³/mol. The summed E-state index contributed by atoms with van der Waals surface area (Å²) < 4.78 is 0. The van der Waals surface area contributed by atoms with Crippen molar-refractivity contribution in [3.8, 4) is 0 Å². The third-order valence-electron chi connectivity index (χ3n) is 3.39. The number of aliphatic imine (C=N–C) groups is 1. The molecule has 0 fully saturated rings. The van der Waals surface area contributed by atoms with Crippen LogP contribution in [0, 0.1) is 0 Å². The van der Waals surface area contributed by atoms with Crippen molar-refractivity contribution in [1.29, 1.82) is 0 Å². The molecule has 27 heavy (non-hydrogen) atoms. The van der Waals surface area contributed by atoms with Gasteiger partial charge >= 0.3 is 11.9 Å². The first-order valence-electron chi connectivity index (χ1n) is 8.00. The summed E-state index contributed by atoms with van der Waals surface area (Å²) in [5.74, 6) is -4.89. The number of rotatable bonds is 12. The van der Waals surface area contributed by atoms with Crippen LogP contribution < -0.4 is 27.8 Å². The van der Waals surface area contributed by atoms with Crippen molar-refractivity contribution >= 4 is 29.7 Å². The number of carbonyl (C=O) groups is 4. The average Bonchev–Trinajstić information content (AvgIpc) is 2.54. The maximum Gasteiger partial charge on any atom is 0.326 e. The summed E-state index contributed by atoms with van der Waals surface area (Å²) in [4.78, 5) is 50.0. The van der Waals surface area contributed by atoms with Crippen LogP contribution in [0.4, 0.5) is 0 Å². The average molecular weight is 390 g/mol. The lowest BCUT2D eigenvalue weighted by molar-refractivity contribution is -0.143. The Bertz CT molecular complexity index is 576. The number of nitrogens with zero attached hydrogens (tertiary/aromatic N) is 1. The molecule has 13 heteroatoms. The Kier molecular flexibility index (Phi) is 10.4. The molecule has 0 rings (SSSR count). The number of nitrogens with two attached hydrogens (primary N) is 3. The summed E-state index contributed by atoms with van der Waals surface area (Å²) in [5.41, 5.74) is 15.7. The number of carbonyl (C=O) groups excluding carboxylic acids is 2. The Morgan fingerprint density at radius 2 is 1.59 bits per heavy atom. The second-order valence-electron chi connectivity index (χ2n) is 5.77. The lowest BCUT2D eigenvalue weighted by Gasteiger charge is -2.22. The molecule has 4 atom stereocenters. The van der Waals surface area contributed by atoms with Crippen molar-refractivity contribution in [3.05, 3.63) is 0 Å². The molecule has 0 aliphatic carbocycles. The minimum Gasteiger partial charge on any atom is -0.481 e. The highest BCUT2D eigenvalue weighted by Crippen LogP contribution is 2.02. The zero-order valence-corrected chi connectivity index (χ0v) is 14.8. The summed E-state index contributed by atoms with van der Waals surface area (Å²) in [7, 11) is 0. The Labute approximate surface area is 155 Å². The fourth-order valence-electron chi connectivity index (χ4n) is 1.90. The van der Waals surface area contributed by atoms with E-state index in [9.17, 15) is 29.4 Å². The van der Waals surface area contributed by atoms with Crippen molar-refractivity contribution in [2.75, 3.05) is 6.54 Å². The predicted octanol–water partition coefficient (Wildman–Crippen LogP) is -3.72. The van der Waals surface area contributed by atoms with Crippen LogP contribution in [0.3, 0.4) is 0 Å². The van der Waals surface area contributed by atoms with E-state index in [1.165, 1.54) is 6.92 Å². The lowest BCUT2D eigenvalue weighted by atomic mass is 10.1. The third kappa shape index (κ3) is 9.96. The number of amides is 2. The van der Waals surface area contributed by atoms with E-state index in [0.29, 0.717) is 0 Å². The highest BCUT2D eigenvalue weighted by atomic mass is 16.4.